The first-order chi connectivity index (χ1) is 14.4. The third-order valence-electron chi connectivity index (χ3n) is 5.00. The number of imidazole rings is 1. The molecule has 0 radical (unpaired) electrons. The number of ketones is 1. The first-order valence-corrected chi connectivity index (χ1v) is 9.36. The lowest BCUT2D eigenvalue weighted by atomic mass is 10.0. The fourth-order valence-corrected chi connectivity index (χ4v) is 3.35. The van der Waals surface area contributed by atoms with Gasteiger partial charge in [0.15, 0.2) is 29.0 Å². The molecule has 1 fully saturated rings. The molecule has 30 heavy (non-hydrogen) atoms. The molecule has 1 aromatic carbocycles. The Labute approximate surface area is 171 Å². The van der Waals surface area contributed by atoms with E-state index in [9.17, 15) is 20.1 Å². The van der Waals surface area contributed by atoms with Crippen LogP contribution in [0.3, 0.4) is 0 Å². The molecular weight excluding hydrogens is 392 g/mol. The summed E-state index contributed by atoms with van der Waals surface area (Å²) in [6.45, 7) is 1.75. The van der Waals surface area contributed by atoms with E-state index in [0.29, 0.717) is 29.2 Å². The number of Topliss-reactive ketones (excluding diaryl/α,β-unsaturated/α-hetero) is 1. The van der Waals surface area contributed by atoms with Gasteiger partial charge in [0.05, 0.1) is 6.33 Å². The second kappa shape index (κ2) is 7.95. The van der Waals surface area contributed by atoms with Crippen LogP contribution in [0.15, 0.2) is 36.9 Å². The van der Waals surface area contributed by atoms with Crippen molar-refractivity contribution in [3.05, 3.63) is 42.5 Å². The molecule has 0 aliphatic carbocycles. The Hall–Kier alpha value is -3.12. The topological polar surface area (TPSA) is 169 Å². The SMILES string of the molecule is CC(O)C(=O)[C@H]1O[C@@H](n2cnc3c(NCc4ccc(N)cc4)ncnc32)[C@H](O)[C@@H]1O. The maximum atomic E-state index is 12.1. The Kier molecular flexibility index (Phi) is 5.35. The smallest absolute Gasteiger partial charge is 0.192 e. The molecule has 3 aromatic rings. The molecule has 1 unspecified atom stereocenters. The van der Waals surface area contributed by atoms with Gasteiger partial charge in [-0.3, -0.25) is 9.36 Å². The number of carbonyl (C=O) groups excluding carboxylic acids is 1. The number of ether oxygens (including phenoxy) is 1. The standard InChI is InChI=1S/C19H22N6O5/c1-9(26)13(27)16-14(28)15(29)19(30-16)25-8-24-12-17(22-7-23-18(12)25)21-6-10-2-4-11(20)5-3-10/h2-5,7-9,14-16,19,26,28-29H,6,20H2,1H3,(H,21,22,23)/t9?,14-,15+,16+,19+/m0/s1. The number of nitrogens with zero attached hydrogens (tertiary/aromatic N) is 4. The zero-order valence-corrected chi connectivity index (χ0v) is 16.1. The van der Waals surface area contributed by atoms with Crippen molar-refractivity contribution in [3.63, 3.8) is 0 Å². The molecule has 11 nitrogen and oxygen atoms in total. The quantitative estimate of drug-likeness (QED) is 0.334. The highest BCUT2D eigenvalue weighted by molar-refractivity contribution is 5.88. The minimum atomic E-state index is -1.49. The van der Waals surface area contributed by atoms with Gasteiger partial charge in [-0.05, 0) is 24.6 Å². The van der Waals surface area contributed by atoms with Crippen molar-refractivity contribution in [1.82, 2.24) is 19.5 Å². The minimum Gasteiger partial charge on any atom is -0.399 e. The third kappa shape index (κ3) is 3.59. The van der Waals surface area contributed by atoms with E-state index in [0.717, 1.165) is 5.56 Å². The highest BCUT2D eigenvalue weighted by Gasteiger charge is 2.48. The second-order valence-electron chi connectivity index (χ2n) is 7.15. The molecule has 158 valence electrons. The maximum absolute atomic E-state index is 12.1. The van der Waals surface area contributed by atoms with Gasteiger partial charge in [0.2, 0.25) is 0 Å². The van der Waals surface area contributed by atoms with Gasteiger partial charge in [-0.25, -0.2) is 15.0 Å². The van der Waals surface area contributed by atoms with Crippen LogP contribution in [0.5, 0.6) is 0 Å². The summed E-state index contributed by atoms with van der Waals surface area (Å²) in [6, 6.07) is 7.39. The molecule has 0 bridgehead atoms. The Morgan fingerprint density at radius 1 is 1.23 bits per heavy atom. The van der Waals surface area contributed by atoms with Crippen molar-refractivity contribution in [3.8, 4) is 0 Å². The van der Waals surface area contributed by atoms with E-state index in [1.165, 1.54) is 24.1 Å². The predicted octanol–water partition coefficient (Wildman–Crippen LogP) is -0.410. The van der Waals surface area contributed by atoms with Crippen LogP contribution in [0.1, 0.15) is 18.7 Å². The summed E-state index contributed by atoms with van der Waals surface area (Å²) in [6.07, 6.45) is -3.95. The number of benzene rings is 1. The molecule has 0 spiro atoms. The van der Waals surface area contributed by atoms with E-state index in [4.69, 9.17) is 10.5 Å². The molecule has 11 heteroatoms. The molecule has 1 aliphatic heterocycles. The number of nitrogens with two attached hydrogens (primary N) is 1. The van der Waals surface area contributed by atoms with Gasteiger partial charge in [-0.15, -0.1) is 0 Å². The lowest BCUT2D eigenvalue weighted by Crippen LogP contribution is -2.40. The van der Waals surface area contributed by atoms with Crippen LogP contribution in [0.2, 0.25) is 0 Å². The van der Waals surface area contributed by atoms with Crippen molar-refractivity contribution < 1.29 is 24.9 Å². The number of fused-ring (bicyclic) bond motifs is 1. The number of rotatable bonds is 6. The van der Waals surface area contributed by atoms with Crippen LogP contribution < -0.4 is 11.1 Å². The Morgan fingerprint density at radius 2 is 1.97 bits per heavy atom. The summed E-state index contributed by atoms with van der Waals surface area (Å²) in [5.74, 6) is -0.242. The van der Waals surface area contributed by atoms with Crippen LogP contribution >= 0.6 is 0 Å². The number of nitrogen functional groups attached to an aromatic ring is 1. The third-order valence-corrected chi connectivity index (χ3v) is 5.00. The summed E-state index contributed by atoms with van der Waals surface area (Å²) in [7, 11) is 0. The van der Waals surface area contributed by atoms with E-state index < -0.39 is 36.4 Å². The van der Waals surface area contributed by atoms with E-state index in [-0.39, 0.29) is 0 Å². The molecule has 2 aromatic heterocycles. The number of hydrogen-bond acceptors (Lipinski definition) is 10. The van der Waals surface area contributed by atoms with Crippen LogP contribution in [-0.4, -0.2) is 65.0 Å². The number of carbonyl (C=O) groups is 1. The number of aliphatic hydroxyl groups excluding tert-OH is 3. The molecule has 0 saturated carbocycles. The number of nitrogens with one attached hydrogen (secondary N) is 1. The van der Waals surface area contributed by atoms with Gasteiger partial charge in [0.25, 0.3) is 0 Å². The number of anilines is 2. The van der Waals surface area contributed by atoms with Gasteiger partial charge < -0.3 is 31.1 Å². The van der Waals surface area contributed by atoms with Crippen molar-refractivity contribution in [2.45, 2.75) is 44.1 Å². The largest absolute Gasteiger partial charge is 0.399 e. The fraction of sp³-hybridized carbons (Fsp3) is 0.368. The lowest BCUT2D eigenvalue weighted by molar-refractivity contribution is -0.143. The van der Waals surface area contributed by atoms with Crippen molar-refractivity contribution in [2.75, 3.05) is 11.1 Å². The predicted molar refractivity (Wildman–Crippen MR) is 106 cm³/mol. The molecule has 5 atom stereocenters. The summed E-state index contributed by atoms with van der Waals surface area (Å²) >= 11 is 0. The van der Waals surface area contributed by atoms with E-state index in [2.05, 4.69) is 20.3 Å². The van der Waals surface area contributed by atoms with E-state index in [1.807, 2.05) is 12.1 Å². The number of aliphatic hydroxyl groups is 3. The average Bonchev–Trinajstić information content (AvgIpc) is 3.29. The Morgan fingerprint density at radius 3 is 2.67 bits per heavy atom. The van der Waals surface area contributed by atoms with Gasteiger partial charge in [0, 0.05) is 12.2 Å². The maximum Gasteiger partial charge on any atom is 0.192 e. The van der Waals surface area contributed by atoms with E-state index in [1.54, 1.807) is 12.1 Å². The van der Waals surface area contributed by atoms with Crippen LogP contribution in [0, 0.1) is 0 Å². The molecule has 0 amide bonds. The zero-order valence-electron chi connectivity index (χ0n) is 16.1. The Balaban J connectivity index is 1.58. The van der Waals surface area contributed by atoms with E-state index >= 15 is 0 Å². The summed E-state index contributed by atoms with van der Waals surface area (Å²) < 4.78 is 6.99. The first kappa shape index (κ1) is 20.2. The number of aromatic nitrogens is 4. The van der Waals surface area contributed by atoms with Crippen molar-refractivity contribution >= 4 is 28.5 Å². The van der Waals surface area contributed by atoms with Crippen LogP contribution in [-0.2, 0) is 16.1 Å². The molecular formula is C19H22N6O5. The van der Waals surface area contributed by atoms with Crippen LogP contribution in [0.4, 0.5) is 11.5 Å². The normalized spacial score (nSPS) is 24.8. The monoisotopic (exact) mass is 414 g/mol. The van der Waals surface area contributed by atoms with Crippen molar-refractivity contribution in [1.29, 1.82) is 0 Å². The fourth-order valence-electron chi connectivity index (χ4n) is 3.35. The minimum absolute atomic E-state index is 0.353. The second-order valence-corrected chi connectivity index (χ2v) is 7.15. The first-order valence-electron chi connectivity index (χ1n) is 9.36. The highest BCUT2D eigenvalue weighted by atomic mass is 16.6. The molecule has 3 heterocycles. The summed E-state index contributed by atoms with van der Waals surface area (Å²) in [4.78, 5) is 24.8. The molecule has 4 rings (SSSR count). The van der Waals surface area contributed by atoms with Crippen LogP contribution in [0.25, 0.3) is 11.2 Å². The molecule has 1 saturated heterocycles. The van der Waals surface area contributed by atoms with Crippen molar-refractivity contribution in [2.24, 2.45) is 0 Å². The summed E-state index contributed by atoms with van der Waals surface area (Å²) in [5.41, 5.74) is 8.15. The number of hydrogen-bond donors (Lipinski definition) is 5. The van der Waals surface area contributed by atoms with Gasteiger partial charge in [-0.1, -0.05) is 12.1 Å². The molecule has 1 aliphatic rings. The molecule has 6 N–H and O–H groups in total. The van der Waals surface area contributed by atoms with Gasteiger partial charge in [-0.2, -0.15) is 0 Å². The lowest BCUT2D eigenvalue weighted by Gasteiger charge is -2.16. The summed E-state index contributed by atoms with van der Waals surface area (Å²) in [5, 5.41) is 33.3. The highest BCUT2D eigenvalue weighted by Crippen LogP contribution is 2.33. The Bertz CT molecular complexity index is 1050. The zero-order chi connectivity index (χ0) is 21.4. The van der Waals surface area contributed by atoms with Gasteiger partial charge in [0.1, 0.15) is 30.7 Å². The average molecular weight is 414 g/mol. The van der Waals surface area contributed by atoms with Gasteiger partial charge >= 0.3 is 0 Å².